The van der Waals surface area contributed by atoms with Crippen LogP contribution in [-0.4, -0.2) is 68.7 Å². The van der Waals surface area contributed by atoms with Gasteiger partial charge in [0.1, 0.15) is 0 Å². The largest absolute Gasteiger partial charge is 0.381 e. The summed E-state index contributed by atoms with van der Waals surface area (Å²) in [5.41, 5.74) is 5.66. The van der Waals surface area contributed by atoms with Gasteiger partial charge < -0.3 is 26.0 Å². The Kier molecular flexibility index (Phi) is 7.25. The van der Waals surface area contributed by atoms with E-state index in [-0.39, 0.29) is 29.8 Å². The van der Waals surface area contributed by atoms with E-state index in [1.807, 2.05) is 27.9 Å². The maximum absolute atomic E-state index is 11.9. The second-order valence-corrected chi connectivity index (χ2v) is 6.50. The van der Waals surface area contributed by atoms with Crippen LogP contribution in [0.1, 0.15) is 26.7 Å². The van der Waals surface area contributed by atoms with Crippen molar-refractivity contribution in [2.45, 2.75) is 38.3 Å². The van der Waals surface area contributed by atoms with Crippen molar-refractivity contribution in [3.8, 4) is 0 Å². The molecule has 1 saturated heterocycles. The minimum Gasteiger partial charge on any atom is -0.381 e. The van der Waals surface area contributed by atoms with Gasteiger partial charge in [-0.1, -0.05) is 13.8 Å². The first-order chi connectivity index (χ1) is 10.3. The average molecular weight is 314 g/mol. The van der Waals surface area contributed by atoms with Crippen molar-refractivity contribution >= 4 is 11.8 Å². The second kappa shape index (κ2) is 8.45. The zero-order valence-electron chi connectivity index (χ0n) is 14.1. The number of likely N-dealkylation sites (N-methyl/N-ethyl adjacent to an activating group) is 1. The minimum absolute atomic E-state index is 0.0424. The SMILES string of the molecule is CC(C)[C@H](N)C(=O)NCC(=O)NCC1(N(C)C)CCOCC1. The summed E-state index contributed by atoms with van der Waals surface area (Å²) >= 11 is 0. The lowest BCUT2D eigenvalue weighted by molar-refractivity contribution is -0.127. The first-order valence-corrected chi connectivity index (χ1v) is 7.83. The van der Waals surface area contributed by atoms with Crippen LogP contribution >= 0.6 is 0 Å². The van der Waals surface area contributed by atoms with Gasteiger partial charge in [-0.3, -0.25) is 9.59 Å². The van der Waals surface area contributed by atoms with Crippen LogP contribution in [0, 0.1) is 5.92 Å². The molecule has 7 heteroatoms. The Morgan fingerprint density at radius 3 is 2.32 bits per heavy atom. The normalized spacial score (nSPS) is 19.0. The molecule has 0 aromatic rings. The fourth-order valence-electron chi connectivity index (χ4n) is 2.45. The van der Waals surface area contributed by atoms with Crippen molar-refractivity contribution in [3.63, 3.8) is 0 Å². The average Bonchev–Trinajstić information content (AvgIpc) is 2.50. The molecule has 128 valence electrons. The standard InChI is InChI=1S/C15H30N4O3/c1-11(2)13(16)14(21)17-9-12(20)18-10-15(19(3)4)5-7-22-8-6-15/h11,13H,5-10,16H2,1-4H3,(H,17,21)(H,18,20)/t13-/m0/s1. The van der Waals surface area contributed by atoms with Crippen LogP contribution in [-0.2, 0) is 14.3 Å². The third kappa shape index (κ3) is 5.23. The molecule has 0 bridgehead atoms. The monoisotopic (exact) mass is 314 g/mol. The minimum atomic E-state index is -0.587. The van der Waals surface area contributed by atoms with E-state index in [0.29, 0.717) is 19.8 Å². The highest BCUT2D eigenvalue weighted by Gasteiger charge is 2.35. The van der Waals surface area contributed by atoms with Crippen LogP contribution in [0.15, 0.2) is 0 Å². The molecular formula is C15H30N4O3. The Morgan fingerprint density at radius 2 is 1.82 bits per heavy atom. The molecule has 4 N–H and O–H groups in total. The highest BCUT2D eigenvalue weighted by Crippen LogP contribution is 2.24. The van der Waals surface area contributed by atoms with Crippen LogP contribution in [0.25, 0.3) is 0 Å². The number of amides is 2. The summed E-state index contributed by atoms with van der Waals surface area (Å²) in [6.07, 6.45) is 1.76. The summed E-state index contributed by atoms with van der Waals surface area (Å²) in [5.74, 6) is -0.446. The number of carbonyl (C=O) groups is 2. The third-order valence-electron chi connectivity index (χ3n) is 4.43. The molecule has 7 nitrogen and oxygen atoms in total. The van der Waals surface area contributed by atoms with Gasteiger partial charge in [0.25, 0.3) is 0 Å². The van der Waals surface area contributed by atoms with E-state index in [9.17, 15) is 9.59 Å². The zero-order chi connectivity index (χ0) is 16.8. The van der Waals surface area contributed by atoms with E-state index in [1.54, 1.807) is 0 Å². The molecule has 1 aliphatic rings. The quantitative estimate of drug-likeness (QED) is 0.578. The van der Waals surface area contributed by atoms with E-state index < -0.39 is 6.04 Å². The van der Waals surface area contributed by atoms with Crippen LogP contribution < -0.4 is 16.4 Å². The topological polar surface area (TPSA) is 96.7 Å². The van der Waals surface area contributed by atoms with Crippen LogP contribution in [0.5, 0.6) is 0 Å². The maximum Gasteiger partial charge on any atom is 0.239 e. The molecule has 0 unspecified atom stereocenters. The summed E-state index contributed by atoms with van der Waals surface area (Å²) in [7, 11) is 4.03. The van der Waals surface area contributed by atoms with Crippen molar-refractivity contribution < 1.29 is 14.3 Å². The van der Waals surface area contributed by atoms with Gasteiger partial charge >= 0.3 is 0 Å². The summed E-state index contributed by atoms with van der Waals surface area (Å²) in [4.78, 5) is 25.8. The first kappa shape index (κ1) is 18.9. The summed E-state index contributed by atoms with van der Waals surface area (Å²) in [6.45, 7) is 5.65. The van der Waals surface area contributed by atoms with Crippen molar-refractivity contribution in [2.24, 2.45) is 11.7 Å². The van der Waals surface area contributed by atoms with Gasteiger partial charge in [0, 0.05) is 25.3 Å². The number of hydrogen-bond donors (Lipinski definition) is 3. The number of ether oxygens (including phenoxy) is 1. The van der Waals surface area contributed by atoms with Crippen LogP contribution in [0.4, 0.5) is 0 Å². The number of nitrogens with zero attached hydrogens (tertiary/aromatic N) is 1. The molecule has 0 aliphatic carbocycles. The molecule has 1 heterocycles. The molecule has 1 fully saturated rings. The zero-order valence-corrected chi connectivity index (χ0v) is 14.1. The van der Waals surface area contributed by atoms with Gasteiger partial charge in [-0.15, -0.1) is 0 Å². The summed E-state index contributed by atoms with van der Waals surface area (Å²) < 4.78 is 5.40. The van der Waals surface area contributed by atoms with E-state index in [2.05, 4.69) is 15.5 Å². The predicted octanol–water partition coefficient (Wildman–Crippen LogP) is -0.687. The van der Waals surface area contributed by atoms with Crippen molar-refractivity contribution in [1.29, 1.82) is 0 Å². The molecule has 0 saturated carbocycles. The molecule has 1 atom stereocenters. The molecule has 0 spiro atoms. The summed E-state index contributed by atoms with van der Waals surface area (Å²) in [6, 6.07) is -0.587. The number of carbonyl (C=O) groups excluding carboxylic acids is 2. The molecule has 1 rings (SSSR count). The Balaban J connectivity index is 2.40. The summed E-state index contributed by atoms with van der Waals surface area (Å²) in [5, 5.41) is 5.49. The highest BCUT2D eigenvalue weighted by molar-refractivity contribution is 5.87. The fraction of sp³-hybridized carbons (Fsp3) is 0.867. The van der Waals surface area contributed by atoms with Crippen molar-refractivity contribution in [2.75, 3.05) is 40.4 Å². The van der Waals surface area contributed by atoms with Crippen LogP contribution in [0.3, 0.4) is 0 Å². The van der Waals surface area contributed by atoms with Gasteiger partial charge in [-0.2, -0.15) is 0 Å². The number of hydrogen-bond acceptors (Lipinski definition) is 5. The maximum atomic E-state index is 11.9. The molecule has 0 aromatic heterocycles. The number of rotatable bonds is 7. The van der Waals surface area contributed by atoms with Crippen molar-refractivity contribution in [1.82, 2.24) is 15.5 Å². The first-order valence-electron chi connectivity index (χ1n) is 7.83. The molecule has 0 aromatic carbocycles. The highest BCUT2D eigenvalue weighted by atomic mass is 16.5. The predicted molar refractivity (Wildman–Crippen MR) is 85.3 cm³/mol. The number of nitrogens with one attached hydrogen (secondary N) is 2. The fourth-order valence-corrected chi connectivity index (χ4v) is 2.45. The van der Waals surface area contributed by atoms with E-state index in [4.69, 9.17) is 10.5 Å². The van der Waals surface area contributed by atoms with Gasteiger partial charge in [0.05, 0.1) is 12.6 Å². The van der Waals surface area contributed by atoms with E-state index in [1.165, 1.54) is 0 Å². The van der Waals surface area contributed by atoms with Crippen LogP contribution in [0.2, 0.25) is 0 Å². The van der Waals surface area contributed by atoms with Gasteiger partial charge in [0.2, 0.25) is 11.8 Å². The Labute approximate surface area is 132 Å². The lowest BCUT2D eigenvalue weighted by Gasteiger charge is -2.42. The lowest BCUT2D eigenvalue weighted by Crippen LogP contribution is -2.56. The van der Waals surface area contributed by atoms with Gasteiger partial charge in [-0.25, -0.2) is 0 Å². The second-order valence-electron chi connectivity index (χ2n) is 6.50. The molecule has 22 heavy (non-hydrogen) atoms. The Bertz CT molecular complexity index is 379. The Morgan fingerprint density at radius 1 is 1.23 bits per heavy atom. The number of nitrogens with two attached hydrogens (primary N) is 1. The third-order valence-corrected chi connectivity index (χ3v) is 4.43. The van der Waals surface area contributed by atoms with E-state index >= 15 is 0 Å². The molecule has 2 amide bonds. The lowest BCUT2D eigenvalue weighted by atomic mass is 9.88. The molecule has 0 radical (unpaired) electrons. The van der Waals surface area contributed by atoms with Gasteiger partial charge in [-0.05, 0) is 32.9 Å². The van der Waals surface area contributed by atoms with Crippen molar-refractivity contribution in [3.05, 3.63) is 0 Å². The van der Waals surface area contributed by atoms with E-state index in [0.717, 1.165) is 12.8 Å². The molecular weight excluding hydrogens is 284 g/mol. The molecule has 1 aliphatic heterocycles. The van der Waals surface area contributed by atoms with Gasteiger partial charge in [0.15, 0.2) is 0 Å². The smallest absolute Gasteiger partial charge is 0.239 e. The Hall–Kier alpha value is -1.18.